The van der Waals surface area contributed by atoms with Crippen molar-refractivity contribution in [2.24, 2.45) is 0 Å². The van der Waals surface area contributed by atoms with E-state index in [0.717, 1.165) is 22.8 Å². The highest BCUT2D eigenvalue weighted by Gasteiger charge is 2.31. The Kier molecular flexibility index (Phi) is 5.91. The van der Waals surface area contributed by atoms with Crippen molar-refractivity contribution >= 4 is 29.4 Å². The van der Waals surface area contributed by atoms with Crippen LogP contribution in [-0.4, -0.2) is 54.6 Å². The standard InChI is InChI=1S/C19H22N4O5S/c1-26-7-6-20-17(24)8-23-18(12-10-29-11-13(12)22-23)21-19(25)16-9-27-14-4-2-3-5-15(14)28-16/h2-5,16H,6-11H2,1H3,(H,20,24)(H,21,25). The smallest absolute Gasteiger partial charge is 0.270 e. The van der Waals surface area contributed by atoms with Crippen LogP contribution in [0.2, 0.25) is 0 Å². The number of hydrogen-bond donors (Lipinski definition) is 2. The van der Waals surface area contributed by atoms with Gasteiger partial charge in [-0.3, -0.25) is 9.59 Å². The van der Waals surface area contributed by atoms with Crippen LogP contribution in [0.4, 0.5) is 5.82 Å². The Labute approximate surface area is 172 Å². The van der Waals surface area contributed by atoms with Crippen molar-refractivity contribution in [1.82, 2.24) is 15.1 Å². The molecule has 1 aromatic heterocycles. The van der Waals surface area contributed by atoms with E-state index in [-0.39, 0.29) is 25.0 Å². The average molecular weight is 418 g/mol. The van der Waals surface area contributed by atoms with Crippen molar-refractivity contribution in [2.75, 3.05) is 32.2 Å². The third-order valence-electron chi connectivity index (χ3n) is 4.58. The molecule has 29 heavy (non-hydrogen) atoms. The molecule has 1 unspecified atom stereocenters. The number of para-hydroxylation sites is 2. The van der Waals surface area contributed by atoms with Gasteiger partial charge in [-0.05, 0) is 12.1 Å². The average Bonchev–Trinajstić information content (AvgIpc) is 3.30. The molecule has 0 radical (unpaired) electrons. The maximum Gasteiger partial charge on any atom is 0.270 e. The minimum Gasteiger partial charge on any atom is -0.485 e. The van der Waals surface area contributed by atoms with Gasteiger partial charge in [0.25, 0.3) is 5.91 Å². The molecule has 4 rings (SSSR count). The van der Waals surface area contributed by atoms with Crippen LogP contribution in [0.3, 0.4) is 0 Å². The van der Waals surface area contributed by atoms with Gasteiger partial charge in [0.2, 0.25) is 12.0 Å². The van der Waals surface area contributed by atoms with E-state index in [9.17, 15) is 9.59 Å². The van der Waals surface area contributed by atoms with Crippen LogP contribution in [0, 0.1) is 0 Å². The zero-order valence-corrected chi connectivity index (χ0v) is 16.8. The number of fused-ring (bicyclic) bond motifs is 2. The van der Waals surface area contributed by atoms with Crippen molar-refractivity contribution in [3.63, 3.8) is 0 Å². The summed E-state index contributed by atoms with van der Waals surface area (Å²) in [5.41, 5.74) is 1.84. The van der Waals surface area contributed by atoms with Crippen LogP contribution in [-0.2, 0) is 32.4 Å². The van der Waals surface area contributed by atoms with Crippen molar-refractivity contribution < 1.29 is 23.8 Å². The SMILES string of the molecule is COCCNC(=O)Cn1nc2c(c1NC(=O)C1COc3ccccc3O1)CSC2. The predicted molar refractivity (Wildman–Crippen MR) is 107 cm³/mol. The summed E-state index contributed by atoms with van der Waals surface area (Å²) in [6, 6.07) is 7.23. The second-order valence-corrected chi connectivity index (χ2v) is 7.61. The topological polar surface area (TPSA) is 104 Å². The normalized spacial score (nSPS) is 16.9. The summed E-state index contributed by atoms with van der Waals surface area (Å²) in [6.07, 6.45) is -0.784. The lowest BCUT2D eigenvalue weighted by atomic mass is 10.2. The van der Waals surface area contributed by atoms with Gasteiger partial charge in [-0.2, -0.15) is 16.9 Å². The summed E-state index contributed by atoms with van der Waals surface area (Å²) in [5, 5.41) is 10.2. The van der Waals surface area contributed by atoms with Gasteiger partial charge in [0, 0.05) is 30.7 Å². The molecule has 2 aliphatic heterocycles. The fourth-order valence-electron chi connectivity index (χ4n) is 3.15. The summed E-state index contributed by atoms with van der Waals surface area (Å²) < 4.78 is 17.9. The van der Waals surface area contributed by atoms with Crippen molar-refractivity contribution in [3.8, 4) is 11.5 Å². The third kappa shape index (κ3) is 4.33. The van der Waals surface area contributed by atoms with E-state index in [1.54, 1.807) is 35.7 Å². The van der Waals surface area contributed by atoms with Crippen LogP contribution < -0.4 is 20.1 Å². The molecule has 0 saturated carbocycles. The number of ether oxygens (including phenoxy) is 3. The number of rotatable bonds is 7. The van der Waals surface area contributed by atoms with Crippen LogP contribution in [0.15, 0.2) is 24.3 Å². The number of nitrogens with one attached hydrogen (secondary N) is 2. The fraction of sp³-hybridized carbons (Fsp3) is 0.421. The third-order valence-corrected chi connectivity index (χ3v) is 5.55. The van der Waals surface area contributed by atoms with E-state index in [1.807, 2.05) is 12.1 Å². The Morgan fingerprint density at radius 1 is 1.31 bits per heavy atom. The summed E-state index contributed by atoms with van der Waals surface area (Å²) >= 11 is 1.72. The maximum atomic E-state index is 12.8. The molecule has 1 atom stereocenters. The molecule has 10 heteroatoms. The number of anilines is 1. The Balaban J connectivity index is 1.46. The Bertz CT molecular complexity index is 916. The number of carbonyl (C=O) groups is 2. The molecule has 3 heterocycles. The molecule has 1 aromatic carbocycles. The number of carbonyl (C=O) groups excluding carboxylic acids is 2. The van der Waals surface area contributed by atoms with Gasteiger partial charge in [0.15, 0.2) is 11.5 Å². The summed E-state index contributed by atoms with van der Waals surface area (Å²) in [7, 11) is 1.57. The lowest BCUT2D eigenvalue weighted by Crippen LogP contribution is -2.41. The lowest BCUT2D eigenvalue weighted by Gasteiger charge is -2.25. The number of methoxy groups -OCH3 is 1. The van der Waals surface area contributed by atoms with Crippen molar-refractivity contribution in [3.05, 3.63) is 35.5 Å². The van der Waals surface area contributed by atoms with Crippen LogP contribution in [0.1, 0.15) is 11.3 Å². The predicted octanol–water partition coefficient (Wildman–Crippen LogP) is 1.17. The first-order valence-corrected chi connectivity index (χ1v) is 10.4. The molecule has 0 fully saturated rings. The molecule has 154 valence electrons. The van der Waals surface area contributed by atoms with Gasteiger partial charge >= 0.3 is 0 Å². The molecule has 2 aliphatic rings. The summed E-state index contributed by atoms with van der Waals surface area (Å²) in [6.45, 7) is 0.982. The highest BCUT2D eigenvalue weighted by Crippen LogP contribution is 2.35. The second kappa shape index (κ2) is 8.75. The highest BCUT2D eigenvalue weighted by atomic mass is 32.2. The van der Waals surface area contributed by atoms with Gasteiger partial charge in [-0.25, -0.2) is 4.68 Å². The molecule has 0 aliphatic carbocycles. The number of aromatic nitrogens is 2. The number of thioether (sulfide) groups is 1. The zero-order chi connectivity index (χ0) is 20.2. The first-order chi connectivity index (χ1) is 14.2. The summed E-state index contributed by atoms with van der Waals surface area (Å²) in [5.74, 6) is 2.66. The second-order valence-electron chi connectivity index (χ2n) is 6.62. The molecule has 2 aromatic rings. The Morgan fingerprint density at radius 2 is 2.14 bits per heavy atom. The van der Waals surface area contributed by atoms with Gasteiger partial charge in [-0.1, -0.05) is 12.1 Å². The van der Waals surface area contributed by atoms with Gasteiger partial charge in [0.05, 0.1) is 12.3 Å². The number of amides is 2. The molecular formula is C19H22N4O5S. The van der Waals surface area contributed by atoms with Crippen LogP contribution in [0.25, 0.3) is 0 Å². The van der Waals surface area contributed by atoms with E-state index in [4.69, 9.17) is 14.2 Å². The largest absolute Gasteiger partial charge is 0.485 e. The summed E-state index contributed by atoms with van der Waals surface area (Å²) in [4.78, 5) is 25.0. The molecule has 2 N–H and O–H groups in total. The number of benzene rings is 1. The van der Waals surface area contributed by atoms with Gasteiger partial charge < -0.3 is 24.8 Å². The molecule has 0 spiro atoms. The fourth-order valence-corrected chi connectivity index (χ4v) is 4.19. The van der Waals surface area contributed by atoms with E-state index in [2.05, 4.69) is 15.7 Å². The van der Waals surface area contributed by atoms with Crippen LogP contribution in [0.5, 0.6) is 11.5 Å². The maximum absolute atomic E-state index is 12.8. The monoisotopic (exact) mass is 418 g/mol. The Morgan fingerprint density at radius 3 is 2.97 bits per heavy atom. The van der Waals surface area contributed by atoms with E-state index in [1.165, 1.54) is 0 Å². The van der Waals surface area contributed by atoms with E-state index >= 15 is 0 Å². The first kappa shape index (κ1) is 19.6. The molecule has 9 nitrogen and oxygen atoms in total. The van der Waals surface area contributed by atoms with Crippen molar-refractivity contribution in [2.45, 2.75) is 24.2 Å². The van der Waals surface area contributed by atoms with Gasteiger partial charge in [0.1, 0.15) is 19.0 Å². The zero-order valence-electron chi connectivity index (χ0n) is 16.0. The van der Waals surface area contributed by atoms with E-state index < -0.39 is 6.10 Å². The molecule has 0 saturated heterocycles. The number of hydrogen-bond acceptors (Lipinski definition) is 7. The first-order valence-electron chi connectivity index (χ1n) is 9.27. The quantitative estimate of drug-likeness (QED) is 0.651. The van der Waals surface area contributed by atoms with E-state index in [0.29, 0.717) is 30.5 Å². The minimum atomic E-state index is -0.784. The molecule has 0 bridgehead atoms. The van der Waals surface area contributed by atoms with Gasteiger partial charge in [-0.15, -0.1) is 0 Å². The minimum absolute atomic E-state index is 0.0157. The number of nitrogens with zero attached hydrogens (tertiary/aromatic N) is 2. The van der Waals surface area contributed by atoms with Crippen molar-refractivity contribution in [1.29, 1.82) is 0 Å². The molecular weight excluding hydrogens is 396 g/mol. The highest BCUT2D eigenvalue weighted by molar-refractivity contribution is 7.98. The van der Waals surface area contributed by atoms with Crippen LogP contribution >= 0.6 is 11.8 Å². The Hall–Kier alpha value is -2.72. The lowest BCUT2D eigenvalue weighted by molar-refractivity contribution is -0.125. The molecule has 2 amide bonds.